The topological polar surface area (TPSA) is 56.5 Å². The van der Waals surface area contributed by atoms with Crippen molar-refractivity contribution < 1.29 is 0 Å². The second-order valence-corrected chi connectivity index (χ2v) is 5.53. The second-order valence-electron chi connectivity index (χ2n) is 5.53. The molecule has 0 radical (unpaired) electrons. The number of benzene rings is 1. The summed E-state index contributed by atoms with van der Waals surface area (Å²) in [4.78, 5) is 8.72. The van der Waals surface area contributed by atoms with Gasteiger partial charge in [-0.1, -0.05) is 41.1 Å². The highest BCUT2D eigenvalue weighted by atomic mass is 15.4. The molecular weight excluding hydrogens is 298 g/mol. The number of hydrogen-bond donors (Lipinski definition) is 0. The summed E-state index contributed by atoms with van der Waals surface area (Å²) in [5, 5.41) is 8.51. The molecule has 0 unspecified atom stereocenters. The fraction of sp³-hybridized carbons (Fsp3) is 0.0526. The van der Waals surface area contributed by atoms with Crippen LogP contribution < -0.4 is 0 Å². The van der Waals surface area contributed by atoms with Crippen molar-refractivity contribution in [1.29, 1.82) is 0 Å². The highest BCUT2D eigenvalue weighted by Crippen LogP contribution is 2.20. The van der Waals surface area contributed by atoms with E-state index in [0.29, 0.717) is 0 Å². The van der Waals surface area contributed by atoms with Crippen molar-refractivity contribution in [1.82, 2.24) is 25.0 Å². The SMILES string of the molecule is Cc1ccc(-c2cn(-c3ccnc(-c4ccccn4)c3)nn2)cc1. The second kappa shape index (κ2) is 6.04. The summed E-state index contributed by atoms with van der Waals surface area (Å²) in [5.74, 6) is 0. The monoisotopic (exact) mass is 313 g/mol. The summed E-state index contributed by atoms with van der Waals surface area (Å²) in [6.07, 6.45) is 5.43. The first-order valence-electron chi connectivity index (χ1n) is 7.67. The Labute approximate surface area is 139 Å². The zero-order valence-corrected chi connectivity index (χ0v) is 13.2. The van der Waals surface area contributed by atoms with Crippen molar-refractivity contribution in [2.24, 2.45) is 0 Å². The van der Waals surface area contributed by atoms with Crippen LogP contribution in [0.15, 0.2) is 73.2 Å². The minimum absolute atomic E-state index is 0.806. The van der Waals surface area contributed by atoms with E-state index < -0.39 is 0 Å². The van der Waals surface area contributed by atoms with Crippen molar-refractivity contribution >= 4 is 0 Å². The lowest BCUT2D eigenvalue weighted by Crippen LogP contribution is -1.96. The normalized spacial score (nSPS) is 10.7. The molecule has 0 fully saturated rings. The average Bonchev–Trinajstić information content (AvgIpc) is 3.13. The molecule has 0 amide bonds. The van der Waals surface area contributed by atoms with Gasteiger partial charge in [0, 0.05) is 18.0 Å². The summed E-state index contributed by atoms with van der Waals surface area (Å²) in [6.45, 7) is 2.07. The first-order chi connectivity index (χ1) is 11.8. The fourth-order valence-electron chi connectivity index (χ4n) is 2.46. The third kappa shape index (κ3) is 2.79. The highest BCUT2D eigenvalue weighted by molar-refractivity contribution is 5.60. The Bertz CT molecular complexity index is 958. The highest BCUT2D eigenvalue weighted by Gasteiger charge is 2.07. The molecule has 5 heteroatoms. The lowest BCUT2D eigenvalue weighted by atomic mass is 10.1. The molecule has 0 N–H and O–H groups in total. The van der Waals surface area contributed by atoms with Crippen LogP contribution >= 0.6 is 0 Å². The maximum atomic E-state index is 4.39. The minimum Gasteiger partial charge on any atom is -0.255 e. The van der Waals surface area contributed by atoms with E-state index in [1.54, 1.807) is 17.1 Å². The predicted octanol–water partition coefficient (Wildman–Crippen LogP) is 3.70. The van der Waals surface area contributed by atoms with Gasteiger partial charge in [-0.15, -0.1) is 5.10 Å². The van der Waals surface area contributed by atoms with E-state index in [9.17, 15) is 0 Å². The van der Waals surface area contributed by atoms with Gasteiger partial charge in [-0.05, 0) is 31.2 Å². The van der Waals surface area contributed by atoms with E-state index in [-0.39, 0.29) is 0 Å². The molecule has 1 aromatic carbocycles. The maximum Gasteiger partial charge on any atom is 0.113 e. The van der Waals surface area contributed by atoms with Gasteiger partial charge >= 0.3 is 0 Å². The molecule has 5 nitrogen and oxygen atoms in total. The van der Waals surface area contributed by atoms with E-state index >= 15 is 0 Å². The van der Waals surface area contributed by atoms with Crippen LogP contribution in [0.2, 0.25) is 0 Å². The molecule has 116 valence electrons. The molecule has 3 heterocycles. The van der Waals surface area contributed by atoms with Gasteiger partial charge in [-0.3, -0.25) is 9.97 Å². The molecule has 24 heavy (non-hydrogen) atoms. The summed E-state index contributed by atoms with van der Waals surface area (Å²) in [6, 6.07) is 17.9. The van der Waals surface area contributed by atoms with Gasteiger partial charge in [0.05, 0.1) is 23.3 Å². The zero-order chi connectivity index (χ0) is 16.4. The Morgan fingerprint density at radius 3 is 2.42 bits per heavy atom. The van der Waals surface area contributed by atoms with Crippen LogP contribution in [0.5, 0.6) is 0 Å². The van der Waals surface area contributed by atoms with Gasteiger partial charge in [-0.25, -0.2) is 4.68 Å². The number of aromatic nitrogens is 5. The van der Waals surface area contributed by atoms with Gasteiger partial charge < -0.3 is 0 Å². The van der Waals surface area contributed by atoms with E-state index in [4.69, 9.17) is 0 Å². The Morgan fingerprint density at radius 2 is 1.62 bits per heavy atom. The quantitative estimate of drug-likeness (QED) is 0.578. The maximum absolute atomic E-state index is 4.39. The number of aryl methyl sites for hydroxylation is 1. The number of nitrogens with zero attached hydrogens (tertiary/aromatic N) is 5. The average molecular weight is 313 g/mol. The van der Waals surface area contributed by atoms with Crippen LogP contribution in [-0.2, 0) is 0 Å². The summed E-state index contributed by atoms with van der Waals surface area (Å²) < 4.78 is 1.75. The van der Waals surface area contributed by atoms with Crippen LogP contribution in [0.3, 0.4) is 0 Å². The molecule has 4 rings (SSSR count). The van der Waals surface area contributed by atoms with Gasteiger partial charge in [0.25, 0.3) is 0 Å². The van der Waals surface area contributed by atoms with Crippen molar-refractivity contribution in [2.75, 3.05) is 0 Å². The van der Waals surface area contributed by atoms with Crippen molar-refractivity contribution in [3.05, 3.63) is 78.8 Å². The summed E-state index contributed by atoms with van der Waals surface area (Å²) in [5.41, 5.74) is 5.65. The van der Waals surface area contributed by atoms with Gasteiger partial charge in [0.15, 0.2) is 0 Å². The van der Waals surface area contributed by atoms with Crippen molar-refractivity contribution in [3.8, 4) is 28.3 Å². The molecule has 0 spiro atoms. The largest absolute Gasteiger partial charge is 0.255 e. The Balaban J connectivity index is 1.69. The van der Waals surface area contributed by atoms with Crippen LogP contribution in [0.4, 0.5) is 0 Å². The number of pyridine rings is 2. The molecule has 0 aliphatic rings. The lowest BCUT2D eigenvalue weighted by molar-refractivity contribution is 0.802. The van der Waals surface area contributed by atoms with Crippen LogP contribution in [0, 0.1) is 6.92 Å². The first kappa shape index (κ1) is 14.3. The molecule has 0 aliphatic carbocycles. The van der Waals surface area contributed by atoms with Crippen LogP contribution in [0.1, 0.15) is 5.56 Å². The molecule has 0 saturated carbocycles. The standard InChI is InChI=1S/C19H15N5/c1-14-5-7-15(8-6-14)19-13-24(23-22-19)16-9-11-21-18(12-16)17-4-2-3-10-20-17/h2-13H,1H3. The lowest BCUT2D eigenvalue weighted by Gasteiger charge is -2.03. The summed E-state index contributed by atoms with van der Waals surface area (Å²) >= 11 is 0. The van der Waals surface area contributed by atoms with Gasteiger partial charge in [-0.2, -0.15) is 0 Å². The van der Waals surface area contributed by atoms with E-state index in [2.05, 4.69) is 51.5 Å². The Hall–Kier alpha value is -3.34. The molecule has 3 aromatic heterocycles. The molecule has 0 bridgehead atoms. The first-order valence-corrected chi connectivity index (χ1v) is 7.67. The smallest absolute Gasteiger partial charge is 0.113 e. The van der Waals surface area contributed by atoms with Crippen molar-refractivity contribution in [2.45, 2.75) is 6.92 Å². The number of hydrogen-bond acceptors (Lipinski definition) is 4. The summed E-state index contributed by atoms with van der Waals surface area (Å²) in [7, 11) is 0. The molecule has 0 atom stereocenters. The minimum atomic E-state index is 0.806. The van der Waals surface area contributed by atoms with E-state index in [0.717, 1.165) is 28.3 Å². The zero-order valence-electron chi connectivity index (χ0n) is 13.2. The number of rotatable bonds is 3. The molecule has 0 aliphatic heterocycles. The fourth-order valence-corrected chi connectivity index (χ4v) is 2.46. The third-order valence-electron chi connectivity index (χ3n) is 3.78. The Kier molecular flexibility index (Phi) is 3.59. The third-order valence-corrected chi connectivity index (χ3v) is 3.78. The van der Waals surface area contributed by atoms with Crippen LogP contribution in [0.25, 0.3) is 28.3 Å². The molecule has 4 aromatic rings. The van der Waals surface area contributed by atoms with Crippen LogP contribution in [-0.4, -0.2) is 25.0 Å². The predicted molar refractivity (Wildman–Crippen MR) is 92.6 cm³/mol. The molecule has 0 saturated heterocycles. The van der Waals surface area contributed by atoms with Crippen molar-refractivity contribution in [3.63, 3.8) is 0 Å². The van der Waals surface area contributed by atoms with Gasteiger partial charge in [0.2, 0.25) is 0 Å². The van der Waals surface area contributed by atoms with Gasteiger partial charge in [0.1, 0.15) is 5.69 Å². The molecular formula is C19H15N5. The Morgan fingerprint density at radius 1 is 0.792 bits per heavy atom. The van der Waals surface area contributed by atoms with E-state index in [1.165, 1.54) is 5.56 Å². The van der Waals surface area contributed by atoms with E-state index in [1.807, 2.05) is 36.5 Å².